The summed E-state index contributed by atoms with van der Waals surface area (Å²) in [5.74, 6) is 1.08. The number of nitrogens with two attached hydrogens (primary N) is 1. The zero-order valence-corrected chi connectivity index (χ0v) is 10.0. The topological polar surface area (TPSA) is 103 Å². The molecule has 0 aliphatic carbocycles. The van der Waals surface area contributed by atoms with Gasteiger partial charge in [0.15, 0.2) is 11.6 Å². The summed E-state index contributed by atoms with van der Waals surface area (Å²) in [6, 6.07) is 5.26. The first-order chi connectivity index (χ1) is 8.65. The van der Waals surface area contributed by atoms with Gasteiger partial charge in [-0.3, -0.25) is 0 Å². The molecule has 0 unspecified atom stereocenters. The number of hydrogen-bond acceptors (Lipinski definition) is 6. The van der Waals surface area contributed by atoms with E-state index in [9.17, 15) is 0 Å². The van der Waals surface area contributed by atoms with Crippen LogP contribution in [0.2, 0.25) is 0 Å². The van der Waals surface area contributed by atoms with Gasteiger partial charge in [-0.15, -0.1) is 5.10 Å². The molecule has 0 saturated heterocycles. The third kappa shape index (κ3) is 2.14. The molecule has 18 heavy (non-hydrogen) atoms. The van der Waals surface area contributed by atoms with Gasteiger partial charge in [-0.2, -0.15) is 14.9 Å². The Bertz CT molecular complexity index is 581. The van der Waals surface area contributed by atoms with Crippen LogP contribution in [0.15, 0.2) is 18.3 Å². The van der Waals surface area contributed by atoms with Crippen LogP contribution in [0.4, 0.5) is 0 Å². The molecular weight excluding hydrogens is 232 g/mol. The average molecular weight is 244 g/mol. The Morgan fingerprint density at radius 1 is 1.50 bits per heavy atom. The van der Waals surface area contributed by atoms with E-state index in [1.165, 1.54) is 18.0 Å². The molecular formula is C11H12N6O. The fourth-order valence-corrected chi connectivity index (χ4v) is 1.43. The molecule has 0 radical (unpaired) electrons. The fourth-order valence-electron chi connectivity index (χ4n) is 1.43. The van der Waals surface area contributed by atoms with Gasteiger partial charge in [0.2, 0.25) is 0 Å². The van der Waals surface area contributed by atoms with E-state index < -0.39 is 0 Å². The van der Waals surface area contributed by atoms with Crippen LogP contribution in [-0.2, 0) is 0 Å². The van der Waals surface area contributed by atoms with E-state index in [0.29, 0.717) is 17.2 Å². The number of methoxy groups -OCH3 is 1. The van der Waals surface area contributed by atoms with Crippen molar-refractivity contribution in [3.63, 3.8) is 0 Å². The minimum atomic E-state index is -0.307. The molecule has 92 valence electrons. The van der Waals surface area contributed by atoms with Gasteiger partial charge in [0.05, 0.1) is 18.7 Å². The molecule has 7 nitrogen and oxygen atoms in total. The molecule has 2 heterocycles. The smallest absolute Gasteiger partial charge is 0.335 e. The van der Waals surface area contributed by atoms with Crippen molar-refractivity contribution in [1.82, 2.24) is 19.7 Å². The average Bonchev–Trinajstić information content (AvgIpc) is 2.83. The van der Waals surface area contributed by atoms with Crippen LogP contribution < -0.4 is 10.5 Å². The summed E-state index contributed by atoms with van der Waals surface area (Å²) in [5.41, 5.74) is 6.30. The Morgan fingerprint density at radius 3 is 2.78 bits per heavy atom. The maximum Gasteiger partial charge on any atom is 0.335 e. The number of hydrogen-bond donors (Lipinski definition) is 1. The summed E-state index contributed by atoms with van der Waals surface area (Å²) in [5, 5.41) is 12.9. The van der Waals surface area contributed by atoms with Crippen LogP contribution >= 0.6 is 0 Å². The van der Waals surface area contributed by atoms with Gasteiger partial charge < -0.3 is 10.5 Å². The second kappa shape index (κ2) is 4.81. The number of rotatable bonds is 3. The van der Waals surface area contributed by atoms with Gasteiger partial charge in [-0.25, -0.2) is 4.98 Å². The predicted molar refractivity (Wildman–Crippen MR) is 63.0 cm³/mol. The van der Waals surface area contributed by atoms with E-state index in [2.05, 4.69) is 15.1 Å². The van der Waals surface area contributed by atoms with Crippen LogP contribution in [0.5, 0.6) is 6.01 Å². The molecule has 0 saturated carbocycles. The van der Waals surface area contributed by atoms with Crippen molar-refractivity contribution in [2.24, 2.45) is 5.73 Å². The standard InChI is InChI=1S/C11H12N6O/c1-7(13)10-15-11(18-2)16-17(10)9-4-3-8(5-12)6-14-9/h3-4,6-7H,13H2,1-2H3/t7-/m1/s1. The summed E-state index contributed by atoms with van der Waals surface area (Å²) >= 11 is 0. The Balaban J connectivity index is 2.48. The lowest BCUT2D eigenvalue weighted by Gasteiger charge is -2.06. The van der Waals surface area contributed by atoms with E-state index in [1.807, 2.05) is 6.07 Å². The van der Waals surface area contributed by atoms with Gasteiger partial charge in [0.1, 0.15) is 6.07 Å². The maximum absolute atomic E-state index is 8.72. The zero-order valence-electron chi connectivity index (χ0n) is 10.0. The summed E-state index contributed by atoms with van der Waals surface area (Å²) in [6.45, 7) is 1.80. The zero-order chi connectivity index (χ0) is 13.1. The second-order valence-electron chi connectivity index (χ2n) is 3.67. The monoisotopic (exact) mass is 244 g/mol. The summed E-state index contributed by atoms with van der Waals surface area (Å²) in [6.07, 6.45) is 1.47. The molecule has 0 amide bonds. The SMILES string of the molecule is COc1nc([C@@H](C)N)n(-c2ccc(C#N)cn2)n1. The Kier molecular flexibility index (Phi) is 3.21. The Labute approximate surface area is 104 Å². The van der Waals surface area contributed by atoms with E-state index in [1.54, 1.807) is 19.1 Å². The van der Waals surface area contributed by atoms with Crippen molar-refractivity contribution in [3.05, 3.63) is 29.7 Å². The summed E-state index contributed by atoms with van der Waals surface area (Å²) < 4.78 is 6.48. The van der Waals surface area contributed by atoms with Crippen molar-refractivity contribution in [3.8, 4) is 17.9 Å². The quantitative estimate of drug-likeness (QED) is 0.846. The second-order valence-corrected chi connectivity index (χ2v) is 3.67. The number of nitriles is 1. The Hall–Kier alpha value is -2.46. The fraction of sp³-hybridized carbons (Fsp3) is 0.273. The highest BCUT2D eigenvalue weighted by Gasteiger charge is 2.15. The van der Waals surface area contributed by atoms with Crippen molar-refractivity contribution >= 4 is 0 Å². The first-order valence-electron chi connectivity index (χ1n) is 5.28. The number of aromatic nitrogens is 4. The van der Waals surface area contributed by atoms with Crippen LogP contribution in [0.1, 0.15) is 24.4 Å². The van der Waals surface area contributed by atoms with Crippen LogP contribution in [0.25, 0.3) is 5.82 Å². The van der Waals surface area contributed by atoms with Crippen molar-refractivity contribution in [1.29, 1.82) is 5.26 Å². The molecule has 2 rings (SSSR count). The molecule has 2 aromatic heterocycles. The molecule has 1 atom stereocenters. The van der Waals surface area contributed by atoms with E-state index in [4.69, 9.17) is 15.7 Å². The highest BCUT2D eigenvalue weighted by Crippen LogP contribution is 2.16. The molecule has 0 aromatic carbocycles. The van der Waals surface area contributed by atoms with E-state index in [0.717, 1.165) is 0 Å². The molecule has 0 spiro atoms. The van der Waals surface area contributed by atoms with Gasteiger partial charge in [-0.1, -0.05) is 0 Å². The number of ether oxygens (including phenoxy) is 1. The largest absolute Gasteiger partial charge is 0.466 e. The van der Waals surface area contributed by atoms with Gasteiger partial charge >= 0.3 is 6.01 Å². The van der Waals surface area contributed by atoms with Gasteiger partial charge in [0.25, 0.3) is 0 Å². The summed E-state index contributed by atoms with van der Waals surface area (Å²) in [7, 11) is 1.48. The van der Waals surface area contributed by atoms with Gasteiger partial charge in [0, 0.05) is 6.20 Å². The van der Waals surface area contributed by atoms with Crippen LogP contribution in [-0.4, -0.2) is 26.9 Å². The van der Waals surface area contributed by atoms with E-state index >= 15 is 0 Å². The first kappa shape index (κ1) is 12.0. The minimum absolute atomic E-state index is 0.230. The molecule has 0 aliphatic rings. The third-order valence-electron chi connectivity index (χ3n) is 2.30. The number of nitrogens with zero attached hydrogens (tertiary/aromatic N) is 5. The highest BCUT2D eigenvalue weighted by molar-refractivity contribution is 5.32. The molecule has 7 heteroatoms. The Morgan fingerprint density at radius 2 is 2.28 bits per heavy atom. The normalized spacial score (nSPS) is 11.9. The predicted octanol–water partition coefficient (Wildman–Crippen LogP) is 0.562. The highest BCUT2D eigenvalue weighted by atomic mass is 16.5. The molecule has 2 aromatic rings. The molecule has 2 N–H and O–H groups in total. The lowest BCUT2D eigenvalue weighted by Crippen LogP contribution is -2.14. The van der Waals surface area contributed by atoms with E-state index in [-0.39, 0.29) is 12.1 Å². The lowest BCUT2D eigenvalue weighted by molar-refractivity contribution is 0.379. The number of pyridine rings is 1. The lowest BCUT2D eigenvalue weighted by atomic mass is 10.3. The van der Waals surface area contributed by atoms with Crippen molar-refractivity contribution < 1.29 is 4.74 Å². The van der Waals surface area contributed by atoms with Gasteiger partial charge in [-0.05, 0) is 19.1 Å². The van der Waals surface area contributed by atoms with Crippen molar-refractivity contribution in [2.45, 2.75) is 13.0 Å². The van der Waals surface area contributed by atoms with Crippen LogP contribution in [0, 0.1) is 11.3 Å². The van der Waals surface area contributed by atoms with Crippen LogP contribution in [0.3, 0.4) is 0 Å². The molecule has 0 aliphatic heterocycles. The minimum Gasteiger partial charge on any atom is -0.466 e. The molecule has 0 fully saturated rings. The van der Waals surface area contributed by atoms with Crippen molar-refractivity contribution in [2.75, 3.05) is 7.11 Å². The maximum atomic E-state index is 8.72. The molecule has 0 bridgehead atoms. The first-order valence-corrected chi connectivity index (χ1v) is 5.28. The third-order valence-corrected chi connectivity index (χ3v) is 2.30. The summed E-state index contributed by atoms with van der Waals surface area (Å²) in [4.78, 5) is 8.28.